The lowest BCUT2D eigenvalue weighted by Gasteiger charge is -2.10. The van der Waals surface area contributed by atoms with Gasteiger partial charge in [0.2, 0.25) is 0 Å². The number of aromatic carboxylic acids is 1. The summed E-state index contributed by atoms with van der Waals surface area (Å²) in [6.45, 7) is 2.05. The summed E-state index contributed by atoms with van der Waals surface area (Å²) < 4.78 is 1.64. The molecule has 2 amide bonds. The van der Waals surface area contributed by atoms with Crippen LogP contribution in [0.5, 0.6) is 0 Å². The lowest BCUT2D eigenvalue weighted by Crippen LogP contribution is -2.29. The van der Waals surface area contributed by atoms with Crippen LogP contribution in [0, 0.1) is 6.92 Å². The van der Waals surface area contributed by atoms with E-state index in [4.69, 9.17) is 5.11 Å². The summed E-state index contributed by atoms with van der Waals surface area (Å²) in [5.74, 6) is -1.08. The maximum Gasteiger partial charge on any atom is 0.337 e. The van der Waals surface area contributed by atoms with Crippen LogP contribution in [0.25, 0.3) is 0 Å². The van der Waals surface area contributed by atoms with Crippen molar-refractivity contribution in [2.24, 2.45) is 7.05 Å². The van der Waals surface area contributed by atoms with Gasteiger partial charge in [-0.2, -0.15) is 5.10 Å². The van der Waals surface area contributed by atoms with E-state index >= 15 is 0 Å². The molecule has 0 aliphatic rings. The monoisotopic (exact) mass is 288 g/mol. The fraction of sp³-hybridized carbons (Fsp3) is 0.214. The van der Waals surface area contributed by atoms with Gasteiger partial charge in [0.25, 0.3) is 0 Å². The first-order valence-corrected chi connectivity index (χ1v) is 6.33. The molecule has 7 heteroatoms. The summed E-state index contributed by atoms with van der Waals surface area (Å²) in [5.41, 5.74) is 1.84. The van der Waals surface area contributed by atoms with Crippen molar-refractivity contribution in [1.29, 1.82) is 0 Å². The van der Waals surface area contributed by atoms with E-state index in [1.54, 1.807) is 43.0 Å². The van der Waals surface area contributed by atoms with Gasteiger partial charge in [0.15, 0.2) is 0 Å². The van der Waals surface area contributed by atoms with Crippen molar-refractivity contribution in [2.75, 3.05) is 5.32 Å². The topological polar surface area (TPSA) is 96.3 Å². The summed E-state index contributed by atoms with van der Waals surface area (Å²) in [6.07, 6.45) is 1.78. The van der Waals surface area contributed by atoms with Crippen molar-refractivity contribution in [3.05, 3.63) is 47.3 Å². The number of hydrogen-bond donors (Lipinski definition) is 3. The molecule has 0 aliphatic heterocycles. The number of amides is 2. The Kier molecular flexibility index (Phi) is 4.22. The second kappa shape index (κ2) is 6.08. The molecular formula is C14H16N4O3. The summed E-state index contributed by atoms with van der Waals surface area (Å²) in [5, 5.41) is 18.4. The highest BCUT2D eigenvalue weighted by atomic mass is 16.4. The van der Waals surface area contributed by atoms with Gasteiger partial charge in [0.05, 0.1) is 23.5 Å². The Morgan fingerprint density at radius 3 is 2.71 bits per heavy atom. The van der Waals surface area contributed by atoms with Gasteiger partial charge in [0.1, 0.15) is 0 Å². The molecule has 110 valence electrons. The van der Waals surface area contributed by atoms with Crippen molar-refractivity contribution < 1.29 is 14.7 Å². The quantitative estimate of drug-likeness (QED) is 0.798. The van der Waals surface area contributed by atoms with E-state index in [0.717, 1.165) is 11.3 Å². The lowest BCUT2D eigenvalue weighted by molar-refractivity contribution is 0.0698. The van der Waals surface area contributed by atoms with Crippen molar-refractivity contribution in [2.45, 2.75) is 13.5 Å². The van der Waals surface area contributed by atoms with E-state index in [0.29, 0.717) is 0 Å². The van der Waals surface area contributed by atoms with Crippen LogP contribution in [0.3, 0.4) is 0 Å². The first-order chi connectivity index (χ1) is 9.95. The zero-order valence-corrected chi connectivity index (χ0v) is 11.8. The van der Waals surface area contributed by atoms with E-state index in [1.165, 1.54) is 6.07 Å². The molecule has 0 saturated carbocycles. The molecule has 0 aliphatic carbocycles. The number of nitrogens with one attached hydrogen (secondary N) is 2. The van der Waals surface area contributed by atoms with E-state index in [2.05, 4.69) is 15.7 Å². The number of aryl methyl sites for hydroxylation is 2. The zero-order valence-electron chi connectivity index (χ0n) is 11.8. The molecule has 0 fully saturated rings. The minimum absolute atomic E-state index is 0.0583. The van der Waals surface area contributed by atoms with E-state index in [1.807, 2.05) is 0 Å². The number of carbonyl (C=O) groups is 2. The number of benzene rings is 1. The third kappa shape index (κ3) is 3.82. The Morgan fingerprint density at radius 2 is 2.10 bits per heavy atom. The largest absolute Gasteiger partial charge is 0.478 e. The Balaban J connectivity index is 2.01. The average molecular weight is 288 g/mol. The number of hydrogen-bond acceptors (Lipinski definition) is 3. The van der Waals surface area contributed by atoms with Crippen LogP contribution in [0.1, 0.15) is 21.6 Å². The average Bonchev–Trinajstić information content (AvgIpc) is 2.84. The van der Waals surface area contributed by atoms with Gasteiger partial charge < -0.3 is 15.7 Å². The minimum atomic E-state index is -1.08. The Hall–Kier alpha value is -2.83. The predicted octanol–water partition coefficient (Wildman–Crippen LogP) is 1.75. The van der Waals surface area contributed by atoms with E-state index < -0.39 is 12.0 Å². The molecule has 21 heavy (non-hydrogen) atoms. The van der Waals surface area contributed by atoms with Gasteiger partial charge in [-0.05, 0) is 25.1 Å². The molecule has 0 spiro atoms. The summed E-state index contributed by atoms with van der Waals surface area (Å²) in [6, 6.07) is 6.12. The molecule has 3 N–H and O–H groups in total. The van der Waals surface area contributed by atoms with Crippen molar-refractivity contribution in [3.8, 4) is 0 Å². The molecular weight excluding hydrogens is 272 g/mol. The molecule has 7 nitrogen and oxygen atoms in total. The van der Waals surface area contributed by atoms with Crippen LogP contribution < -0.4 is 10.6 Å². The summed E-state index contributed by atoms with van der Waals surface area (Å²) in [7, 11) is 1.79. The van der Waals surface area contributed by atoms with Gasteiger partial charge in [-0.1, -0.05) is 11.6 Å². The number of carboxylic acids is 1. The maximum atomic E-state index is 11.8. The molecule has 0 atom stereocenters. The number of carboxylic acid groups (broad SMARTS) is 1. The smallest absolute Gasteiger partial charge is 0.337 e. The lowest BCUT2D eigenvalue weighted by atomic mass is 10.1. The van der Waals surface area contributed by atoms with Crippen LogP contribution in [0.2, 0.25) is 0 Å². The number of anilines is 1. The fourth-order valence-electron chi connectivity index (χ4n) is 1.84. The van der Waals surface area contributed by atoms with Crippen molar-refractivity contribution >= 4 is 17.7 Å². The van der Waals surface area contributed by atoms with Crippen molar-refractivity contribution in [3.63, 3.8) is 0 Å². The van der Waals surface area contributed by atoms with Gasteiger partial charge >= 0.3 is 12.0 Å². The van der Waals surface area contributed by atoms with Gasteiger partial charge in [-0.25, -0.2) is 9.59 Å². The maximum absolute atomic E-state index is 11.8. The highest BCUT2D eigenvalue weighted by molar-refractivity contribution is 6.00. The second-order valence-corrected chi connectivity index (χ2v) is 4.64. The molecule has 2 aromatic rings. The minimum Gasteiger partial charge on any atom is -0.478 e. The normalized spacial score (nSPS) is 10.2. The first-order valence-electron chi connectivity index (χ1n) is 6.33. The number of urea groups is 1. The number of aromatic nitrogens is 2. The van der Waals surface area contributed by atoms with Crippen molar-refractivity contribution in [1.82, 2.24) is 15.1 Å². The Labute approximate surface area is 121 Å². The Morgan fingerprint density at radius 1 is 1.33 bits per heavy atom. The molecule has 1 aromatic carbocycles. The second-order valence-electron chi connectivity index (χ2n) is 4.64. The predicted molar refractivity (Wildman–Crippen MR) is 77.2 cm³/mol. The SMILES string of the molecule is Cc1ccc(NC(=O)NCc2ccn(C)n2)c(C(=O)O)c1. The Bertz CT molecular complexity index is 679. The van der Waals surface area contributed by atoms with E-state index in [9.17, 15) is 9.59 Å². The number of carbonyl (C=O) groups excluding carboxylic acids is 1. The molecule has 1 heterocycles. The van der Waals surface area contributed by atoms with Crippen LogP contribution >= 0.6 is 0 Å². The van der Waals surface area contributed by atoms with Gasteiger partial charge in [0, 0.05) is 13.2 Å². The number of rotatable bonds is 4. The van der Waals surface area contributed by atoms with Crippen LogP contribution in [0.4, 0.5) is 10.5 Å². The third-order valence-electron chi connectivity index (χ3n) is 2.85. The standard InChI is InChI=1S/C14H16N4O3/c1-9-3-4-12(11(7-9)13(19)20)16-14(21)15-8-10-5-6-18(2)17-10/h3-7H,8H2,1-2H3,(H,19,20)(H2,15,16,21). The highest BCUT2D eigenvalue weighted by Crippen LogP contribution is 2.17. The molecule has 0 saturated heterocycles. The highest BCUT2D eigenvalue weighted by Gasteiger charge is 2.12. The molecule has 0 bridgehead atoms. The van der Waals surface area contributed by atoms with Gasteiger partial charge in [-0.15, -0.1) is 0 Å². The first kappa shape index (κ1) is 14.6. The van der Waals surface area contributed by atoms with Gasteiger partial charge in [-0.3, -0.25) is 4.68 Å². The fourth-order valence-corrected chi connectivity index (χ4v) is 1.84. The molecule has 1 aromatic heterocycles. The van der Waals surface area contributed by atoms with Crippen LogP contribution in [0.15, 0.2) is 30.5 Å². The summed E-state index contributed by atoms with van der Waals surface area (Å²) in [4.78, 5) is 23.0. The molecule has 0 radical (unpaired) electrons. The van der Waals surface area contributed by atoms with Crippen LogP contribution in [-0.4, -0.2) is 26.9 Å². The molecule has 0 unspecified atom stereocenters. The number of nitrogens with zero attached hydrogens (tertiary/aromatic N) is 2. The van der Waals surface area contributed by atoms with Crippen LogP contribution in [-0.2, 0) is 13.6 Å². The third-order valence-corrected chi connectivity index (χ3v) is 2.85. The van der Waals surface area contributed by atoms with E-state index in [-0.39, 0.29) is 17.8 Å². The zero-order chi connectivity index (χ0) is 15.4. The molecule has 2 rings (SSSR count). The summed E-state index contributed by atoms with van der Waals surface area (Å²) >= 11 is 0.